The zero-order valence-corrected chi connectivity index (χ0v) is 12.0. The molecule has 0 saturated heterocycles. The van der Waals surface area contributed by atoms with Crippen LogP contribution in [0.15, 0.2) is 24.3 Å². The largest absolute Gasteiger partial charge is 0.399 e. The monoisotopic (exact) mass is 262 g/mol. The molecule has 1 aliphatic rings. The van der Waals surface area contributed by atoms with Gasteiger partial charge in [0.2, 0.25) is 0 Å². The van der Waals surface area contributed by atoms with Gasteiger partial charge in [-0.25, -0.2) is 0 Å². The molecule has 3 heteroatoms. The Bertz CT molecular complexity index is 388. The van der Waals surface area contributed by atoms with Crippen molar-refractivity contribution < 1.29 is 4.74 Å². The number of ether oxygens (including phenoxy) is 1. The van der Waals surface area contributed by atoms with Crippen LogP contribution in [0, 0.1) is 5.41 Å². The first-order chi connectivity index (χ1) is 9.24. The third kappa shape index (κ3) is 4.84. The summed E-state index contributed by atoms with van der Waals surface area (Å²) in [6.45, 7) is 3.13. The van der Waals surface area contributed by atoms with Crippen molar-refractivity contribution in [1.82, 2.24) is 5.32 Å². The summed E-state index contributed by atoms with van der Waals surface area (Å²) < 4.78 is 5.17. The minimum absolute atomic E-state index is 0.549. The number of nitrogen functional groups attached to an aromatic ring is 1. The summed E-state index contributed by atoms with van der Waals surface area (Å²) in [5.41, 5.74) is 8.52. The molecule has 2 rings (SSSR count). The van der Waals surface area contributed by atoms with Gasteiger partial charge in [-0.1, -0.05) is 12.1 Å². The van der Waals surface area contributed by atoms with E-state index in [9.17, 15) is 0 Å². The van der Waals surface area contributed by atoms with Gasteiger partial charge < -0.3 is 15.8 Å². The lowest BCUT2D eigenvalue weighted by atomic mass is 10.0. The zero-order chi connectivity index (χ0) is 13.6. The predicted molar refractivity (Wildman–Crippen MR) is 80.2 cm³/mol. The Balaban J connectivity index is 1.57. The van der Waals surface area contributed by atoms with Crippen LogP contribution in [0.5, 0.6) is 0 Å². The first-order valence-electron chi connectivity index (χ1n) is 7.28. The van der Waals surface area contributed by atoms with Gasteiger partial charge in [0.1, 0.15) is 0 Å². The summed E-state index contributed by atoms with van der Waals surface area (Å²) in [6.07, 6.45) is 6.19. The highest BCUT2D eigenvalue weighted by atomic mass is 16.5. The number of rotatable bonds is 9. The van der Waals surface area contributed by atoms with E-state index in [1.165, 1.54) is 31.2 Å². The van der Waals surface area contributed by atoms with Gasteiger partial charge in [0, 0.05) is 25.9 Å². The fraction of sp³-hybridized carbons (Fsp3) is 0.625. The van der Waals surface area contributed by atoms with Crippen molar-refractivity contribution in [2.45, 2.75) is 32.1 Å². The Labute approximate surface area is 116 Å². The molecule has 0 aromatic heterocycles. The van der Waals surface area contributed by atoms with Crippen LogP contribution in [0.3, 0.4) is 0 Å². The van der Waals surface area contributed by atoms with Crippen molar-refractivity contribution in [3.8, 4) is 0 Å². The molecule has 1 aromatic carbocycles. The summed E-state index contributed by atoms with van der Waals surface area (Å²) in [6, 6.07) is 8.19. The Morgan fingerprint density at radius 2 is 2.21 bits per heavy atom. The summed E-state index contributed by atoms with van der Waals surface area (Å²) in [5.74, 6) is 0. The van der Waals surface area contributed by atoms with Gasteiger partial charge in [-0.05, 0) is 61.8 Å². The molecule has 0 amide bonds. The average Bonchev–Trinajstić information content (AvgIpc) is 3.17. The molecule has 0 atom stereocenters. The highest BCUT2D eigenvalue weighted by Gasteiger charge is 2.41. The van der Waals surface area contributed by atoms with Crippen molar-refractivity contribution in [3.05, 3.63) is 29.8 Å². The molecule has 19 heavy (non-hydrogen) atoms. The lowest BCUT2D eigenvalue weighted by molar-refractivity contribution is 0.171. The van der Waals surface area contributed by atoms with Crippen molar-refractivity contribution in [2.24, 2.45) is 5.41 Å². The number of methoxy groups -OCH3 is 1. The van der Waals surface area contributed by atoms with Gasteiger partial charge >= 0.3 is 0 Å². The molecule has 106 valence electrons. The van der Waals surface area contributed by atoms with Crippen LogP contribution in [-0.2, 0) is 11.2 Å². The second kappa shape index (κ2) is 6.92. The Morgan fingerprint density at radius 1 is 1.37 bits per heavy atom. The maximum atomic E-state index is 5.77. The van der Waals surface area contributed by atoms with E-state index < -0.39 is 0 Å². The average molecular weight is 262 g/mol. The van der Waals surface area contributed by atoms with Crippen molar-refractivity contribution in [3.63, 3.8) is 0 Å². The van der Waals surface area contributed by atoms with E-state index in [-0.39, 0.29) is 0 Å². The molecule has 0 spiro atoms. The van der Waals surface area contributed by atoms with Gasteiger partial charge in [-0.15, -0.1) is 0 Å². The highest BCUT2D eigenvalue weighted by Crippen LogP contribution is 2.48. The summed E-state index contributed by atoms with van der Waals surface area (Å²) >= 11 is 0. The molecule has 3 nitrogen and oxygen atoms in total. The van der Waals surface area contributed by atoms with Crippen LogP contribution in [0.25, 0.3) is 0 Å². The summed E-state index contributed by atoms with van der Waals surface area (Å²) in [5, 5.41) is 3.60. The molecule has 1 fully saturated rings. The standard InChI is InChI=1S/C16H26N2O/c1-19-11-9-16(7-8-16)13-18-10-3-5-14-4-2-6-15(17)12-14/h2,4,6,12,18H,3,5,7-11,13,17H2,1H3. The lowest BCUT2D eigenvalue weighted by Crippen LogP contribution is -2.26. The number of benzene rings is 1. The van der Waals surface area contributed by atoms with Crippen LogP contribution in [0.1, 0.15) is 31.2 Å². The maximum Gasteiger partial charge on any atom is 0.0468 e. The summed E-state index contributed by atoms with van der Waals surface area (Å²) in [4.78, 5) is 0. The predicted octanol–water partition coefficient (Wildman–Crippen LogP) is 2.61. The second-order valence-corrected chi connectivity index (χ2v) is 5.77. The first kappa shape index (κ1) is 14.4. The highest BCUT2D eigenvalue weighted by molar-refractivity contribution is 5.40. The van der Waals surface area contributed by atoms with Crippen molar-refractivity contribution in [1.29, 1.82) is 0 Å². The van der Waals surface area contributed by atoms with E-state index in [0.29, 0.717) is 5.41 Å². The first-order valence-corrected chi connectivity index (χ1v) is 7.28. The normalized spacial score (nSPS) is 16.5. The van der Waals surface area contributed by atoms with E-state index in [0.717, 1.165) is 31.8 Å². The SMILES string of the molecule is COCCC1(CNCCCc2cccc(N)c2)CC1. The van der Waals surface area contributed by atoms with E-state index in [1.54, 1.807) is 7.11 Å². The Kier molecular flexibility index (Phi) is 5.23. The maximum absolute atomic E-state index is 5.77. The van der Waals surface area contributed by atoms with Crippen LogP contribution in [0.4, 0.5) is 5.69 Å². The lowest BCUT2D eigenvalue weighted by Gasteiger charge is -2.15. The van der Waals surface area contributed by atoms with Gasteiger partial charge in [-0.2, -0.15) is 0 Å². The van der Waals surface area contributed by atoms with Gasteiger partial charge in [0.15, 0.2) is 0 Å². The van der Waals surface area contributed by atoms with Crippen LogP contribution in [-0.4, -0.2) is 26.8 Å². The molecule has 0 radical (unpaired) electrons. The Morgan fingerprint density at radius 3 is 2.89 bits per heavy atom. The number of anilines is 1. The van der Waals surface area contributed by atoms with Crippen LogP contribution >= 0.6 is 0 Å². The van der Waals surface area contributed by atoms with E-state index >= 15 is 0 Å². The fourth-order valence-electron chi connectivity index (χ4n) is 2.53. The minimum Gasteiger partial charge on any atom is -0.399 e. The molecular weight excluding hydrogens is 236 g/mol. The number of nitrogens with one attached hydrogen (secondary N) is 1. The fourth-order valence-corrected chi connectivity index (χ4v) is 2.53. The third-order valence-electron chi connectivity index (χ3n) is 4.06. The number of hydrogen-bond acceptors (Lipinski definition) is 3. The van der Waals surface area contributed by atoms with E-state index in [4.69, 9.17) is 10.5 Å². The molecule has 0 unspecified atom stereocenters. The topological polar surface area (TPSA) is 47.3 Å². The van der Waals surface area contributed by atoms with Crippen LogP contribution in [0.2, 0.25) is 0 Å². The zero-order valence-electron chi connectivity index (χ0n) is 12.0. The van der Waals surface area contributed by atoms with Gasteiger partial charge in [0.25, 0.3) is 0 Å². The van der Waals surface area contributed by atoms with Crippen molar-refractivity contribution >= 4 is 5.69 Å². The summed E-state index contributed by atoms with van der Waals surface area (Å²) in [7, 11) is 1.79. The smallest absolute Gasteiger partial charge is 0.0468 e. The van der Waals surface area contributed by atoms with Gasteiger partial charge in [0.05, 0.1) is 0 Å². The molecule has 0 bridgehead atoms. The second-order valence-electron chi connectivity index (χ2n) is 5.77. The van der Waals surface area contributed by atoms with Crippen molar-refractivity contribution in [2.75, 3.05) is 32.5 Å². The number of aryl methyl sites for hydroxylation is 1. The molecule has 1 saturated carbocycles. The van der Waals surface area contributed by atoms with E-state index in [2.05, 4.69) is 17.4 Å². The molecule has 1 aromatic rings. The van der Waals surface area contributed by atoms with E-state index in [1.807, 2.05) is 12.1 Å². The molecule has 3 N–H and O–H groups in total. The Hall–Kier alpha value is -1.06. The molecular formula is C16H26N2O. The molecule has 0 aliphatic heterocycles. The number of hydrogen-bond donors (Lipinski definition) is 2. The van der Waals surface area contributed by atoms with Gasteiger partial charge in [-0.3, -0.25) is 0 Å². The third-order valence-corrected chi connectivity index (χ3v) is 4.06. The molecule has 1 aliphatic carbocycles. The quantitative estimate of drug-likeness (QED) is 0.531. The van der Waals surface area contributed by atoms with Crippen LogP contribution < -0.4 is 11.1 Å². The molecule has 0 heterocycles. The minimum atomic E-state index is 0.549. The number of nitrogens with two attached hydrogens (primary N) is 1.